The molecule has 0 saturated carbocycles. The second-order valence-corrected chi connectivity index (χ2v) is 12.0. The number of fused-ring (bicyclic) bond motifs is 1. The lowest BCUT2D eigenvalue weighted by atomic mass is 10.0. The summed E-state index contributed by atoms with van der Waals surface area (Å²) < 4.78 is 16.1. The van der Waals surface area contributed by atoms with E-state index in [-0.39, 0.29) is 42.9 Å². The fourth-order valence-electron chi connectivity index (χ4n) is 5.99. The summed E-state index contributed by atoms with van der Waals surface area (Å²) in [4.78, 5) is 66.3. The number of H-pyrrole nitrogens is 1. The molecular weight excluding hydrogens is 603 g/mol. The number of carbonyl (C=O) groups is 4. The Bertz CT molecular complexity index is 1780. The molecule has 2 fully saturated rings. The first-order valence-corrected chi connectivity index (χ1v) is 15.1. The van der Waals surface area contributed by atoms with Crippen LogP contribution in [0.15, 0.2) is 42.9 Å². The minimum Gasteiger partial charge on any atom is -0.356 e. The molecule has 45 heavy (non-hydrogen) atoms. The number of nitrogens with zero attached hydrogens (tertiary/aromatic N) is 6. The van der Waals surface area contributed by atoms with Crippen LogP contribution in [-0.2, 0) is 16.1 Å². The molecule has 2 aliphatic rings. The zero-order chi connectivity index (χ0) is 31.8. The molecule has 3 amide bonds. The molecular formula is C31H32ClFN8O4. The van der Waals surface area contributed by atoms with Gasteiger partial charge in [0.25, 0.3) is 5.91 Å². The lowest BCUT2D eigenvalue weighted by Gasteiger charge is -2.33. The van der Waals surface area contributed by atoms with E-state index in [9.17, 15) is 23.6 Å². The molecule has 6 rings (SSSR count). The standard InChI is InChI=1S/C31H32ClFN8O4/c1-17(42)29-24-9-19(20-12-34-18(2)35-13-20)3-4-26(24)41(38-29)16-28(43)40-15-22(33)11-27(40)30(44)37-23-5-7-39(8-6-23)31(45)25-10-21(32)14-36-25/h3-4,9-10,12-14,22-23,27,36H,5-8,11,15-16H2,1-2H3,(H,37,44)/t22-,27+/m1/s1. The molecule has 4 aromatic rings. The highest BCUT2D eigenvalue weighted by atomic mass is 35.5. The van der Waals surface area contributed by atoms with Gasteiger partial charge in [0.1, 0.15) is 36.0 Å². The summed E-state index contributed by atoms with van der Waals surface area (Å²) in [5.74, 6) is -0.703. The van der Waals surface area contributed by atoms with E-state index in [0.29, 0.717) is 53.4 Å². The molecule has 2 N–H and O–H groups in total. The van der Waals surface area contributed by atoms with Crippen LogP contribution in [-0.4, -0.2) is 95.9 Å². The molecule has 0 spiro atoms. The maximum atomic E-state index is 14.7. The van der Waals surface area contributed by atoms with E-state index in [2.05, 4.69) is 25.4 Å². The van der Waals surface area contributed by atoms with E-state index < -0.39 is 24.0 Å². The number of aromatic nitrogens is 5. The van der Waals surface area contributed by atoms with Crippen molar-refractivity contribution >= 4 is 46.0 Å². The first-order chi connectivity index (χ1) is 21.6. The zero-order valence-corrected chi connectivity index (χ0v) is 25.6. The molecule has 0 radical (unpaired) electrons. The molecule has 0 bridgehead atoms. The van der Waals surface area contributed by atoms with Crippen molar-refractivity contribution in [1.82, 2.24) is 39.8 Å². The van der Waals surface area contributed by atoms with Crippen LogP contribution in [0.4, 0.5) is 4.39 Å². The highest BCUT2D eigenvalue weighted by molar-refractivity contribution is 6.31. The van der Waals surface area contributed by atoms with Crippen LogP contribution in [0.1, 0.15) is 53.0 Å². The molecule has 12 nitrogen and oxygen atoms in total. The Hall–Kier alpha value is -4.65. The fourth-order valence-corrected chi connectivity index (χ4v) is 6.16. The minimum atomic E-state index is -1.35. The summed E-state index contributed by atoms with van der Waals surface area (Å²) in [7, 11) is 0. The summed E-state index contributed by atoms with van der Waals surface area (Å²) in [6.07, 6.45) is 4.52. The molecule has 2 saturated heterocycles. The van der Waals surface area contributed by atoms with Gasteiger partial charge in [0.15, 0.2) is 5.78 Å². The van der Waals surface area contributed by atoms with Crippen LogP contribution in [0.5, 0.6) is 0 Å². The molecule has 1 aromatic carbocycles. The van der Waals surface area contributed by atoms with E-state index in [4.69, 9.17) is 11.6 Å². The van der Waals surface area contributed by atoms with E-state index in [1.165, 1.54) is 16.5 Å². The number of piperidine rings is 1. The van der Waals surface area contributed by atoms with E-state index in [1.54, 1.807) is 42.5 Å². The zero-order valence-electron chi connectivity index (χ0n) is 24.8. The van der Waals surface area contributed by atoms with Gasteiger partial charge in [-0.1, -0.05) is 17.7 Å². The van der Waals surface area contributed by atoms with Crippen LogP contribution in [0.25, 0.3) is 22.0 Å². The SMILES string of the molecule is CC(=O)c1nn(CC(=O)N2C[C@H](F)C[C@H]2C(=O)NC2CCN(C(=O)c3cc(Cl)c[nH]3)CC2)c2ccc(-c3cnc(C)nc3)cc12. The minimum absolute atomic E-state index is 0.108. The lowest BCUT2D eigenvalue weighted by Crippen LogP contribution is -2.52. The van der Waals surface area contributed by atoms with Gasteiger partial charge in [-0.05, 0) is 43.5 Å². The van der Waals surface area contributed by atoms with Crippen molar-refractivity contribution in [2.75, 3.05) is 19.6 Å². The molecule has 2 aliphatic heterocycles. The number of hydrogen-bond donors (Lipinski definition) is 2. The smallest absolute Gasteiger partial charge is 0.270 e. The first-order valence-electron chi connectivity index (χ1n) is 14.7. The van der Waals surface area contributed by atoms with Crippen LogP contribution < -0.4 is 5.32 Å². The summed E-state index contributed by atoms with van der Waals surface area (Å²) in [6, 6.07) is 5.79. The summed E-state index contributed by atoms with van der Waals surface area (Å²) in [5.41, 5.74) is 2.72. The average Bonchev–Trinajstić information content (AvgIpc) is 3.74. The number of aromatic amines is 1. The number of alkyl halides is 1. The predicted molar refractivity (Wildman–Crippen MR) is 163 cm³/mol. The maximum absolute atomic E-state index is 14.7. The van der Waals surface area contributed by atoms with Crippen molar-refractivity contribution in [3.05, 3.63) is 65.1 Å². The highest BCUT2D eigenvalue weighted by Gasteiger charge is 2.41. The third kappa shape index (κ3) is 6.30. The number of ketones is 1. The predicted octanol–water partition coefficient (Wildman–Crippen LogP) is 3.35. The van der Waals surface area contributed by atoms with Crippen molar-refractivity contribution in [3.8, 4) is 11.1 Å². The summed E-state index contributed by atoms with van der Waals surface area (Å²) >= 11 is 5.92. The molecule has 234 valence electrons. The van der Waals surface area contributed by atoms with Gasteiger partial charge in [-0.25, -0.2) is 14.4 Å². The monoisotopic (exact) mass is 634 g/mol. The van der Waals surface area contributed by atoms with Gasteiger partial charge in [-0.2, -0.15) is 5.10 Å². The maximum Gasteiger partial charge on any atom is 0.270 e. The van der Waals surface area contributed by atoms with E-state index in [1.807, 2.05) is 12.1 Å². The second kappa shape index (κ2) is 12.4. The van der Waals surface area contributed by atoms with Crippen molar-refractivity contribution in [3.63, 3.8) is 0 Å². The Labute approximate surface area is 262 Å². The molecule has 3 aromatic heterocycles. The Morgan fingerprint density at radius 2 is 1.82 bits per heavy atom. The second-order valence-electron chi connectivity index (χ2n) is 11.5. The van der Waals surface area contributed by atoms with Crippen LogP contribution >= 0.6 is 11.6 Å². The number of carbonyl (C=O) groups excluding carboxylic acids is 4. The van der Waals surface area contributed by atoms with Gasteiger partial charge in [-0.3, -0.25) is 23.9 Å². The van der Waals surface area contributed by atoms with Crippen molar-refractivity contribution in [2.24, 2.45) is 0 Å². The molecule has 0 aliphatic carbocycles. The Balaban J connectivity index is 1.13. The number of aryl methyl sites for hydroxylation is 1. The van der Waals surface area contributed by atoms with Crippen molar-refractivity contribution in [2.45, 2.75) is 57.9 Å². The number of amides is 3. The number of Topliss-reactive ketones (excluding diaryl/α,β-unsaturated/α-hetero) is 1. The van der Waals surface area contributed by atoms with Gasteiger partial charge in [0.2, 0.25) is 11.8 Å². The van der Waals surface area contributed by atoms with E-state index in [0.717, 1.165) is 11.1 Å². The number of likely N-dealkylation sites (tertiary alicyclic amines) is 2. The summed E-state index contributed by atoms with van der Waals surface area (Å²) in [6.45, 7) is 3.58. The topological polar surface area (TPSA) is 146 Å². The Kier molecular flexibility index (Phi) is 8.36. The average molecular weight is 635 g/mol. The normalized spacial score (nSPS) is 18.8. The third-order valence-electron chi connectivity index (χ3n) is 8.36. The molecule has 5 heterocycles. The van der Waals surface area contributed by atoms with Gasteiger partial charge in [0.05, 0.1) is 17.1 Å². The van der Waals surface area contributed by atoms with Crippen molar-refractivity contribution in [1.29, 1.82) is 0 Å². The highest BCUT2D eigenvalue weighted by Crippen LogP contribution is 2.28. The molecule has 2 atom stereocenters. The largest absolute Gasteiger partial charge is 0.356 e. The number of benzene rings is 1. The van der Waals surface area contributed by atoms with Crippen molar-refractivity contribution < 1.29 is 23.6 Å². The lowest BCUT2D eigenvalue weighted by molar-refractivity contribution is -0.139. The van der Waals surface area contributed by atoms with Crippen LogP contribution in [0, 0.1) is 6.92 Å². The Morgan fingerprint density at radius 1 is 1.09 bits per heavy atom. The van der Waals surface area contributed by atoms with Crippen LogP contribution in [0.2, 0.25) is 5.02 Å². The Morgan fingerprint density at radius 3 is 2.49 bits per heavy atom. The van der Waals surface area contributed by atoms with E-state index >= 15 is 0 Å². The number of nitrogens with one attached hydrogen (secondary N) is 2. The van der Waals surface area contributed by atoms with Gasteiger partial charge in [0, 0.05) is 62.0 Å². The number of hydrogen-bond acceptors (Lipinski definition) is 7. The molecule has 0 unspecified atom stereocenters. The van der Waals surface area contributed by atoms with Crippen LogP contribution in [0.3, 0.4) is 0 Å². The van der Waals surface area contributed by atoms with Gasteiger partial charge < -0.3 is 20.1 Å². The first kappa shape index (κ1) is 30.4. The fraction of sp³-hybridized carbons (Fsp3) is 0.387. The number of rotatable bonds is 7. The summed E-state index contributed by atoms with van der Waals surface area (Å²) in [5, 5.41) is 8.41. The number of halogens is 2. The van der Waals surface area contributed by atoms with Gasteiger partial charge >= 0.3 is 0 Å². The third-order valence-corrected chi connectivity index (χ3v) is 8.58. The quantitative estimate of drug-likeness (QED) is 0.297. The van der Waals surface area contributed by atoms with Gasteiger partial charge in [-0.15, -0.1) is 0 Å². The molecule has 14 heteroatoms.